The van der Waals surface area contributed by atoms with Crippen molar-refractivity contribution in [3.63, 3.8) is 0 Å². The highest BCUT2D eigenvalue weighted by Crippen LogP contribution is 2.34. The van der Waals surface area contributed by atoms with Crippen molar-refractivity contribution in [2.45, 2.75) is 32.0 Å². The Morgan fingerprint density at radius 1 is 1.14 bits per heavy atom. The fourth-order valence-electron chi connectivity index (χ4n) is 4.19. The first kappa shape index (κ1) is 26.0. The highest BCUT2D eigenvalue weighted by Gasteiger charge is 2.32. The Bertz CT molecular complexity index is 1330. The average molecular weight is 515 g/mol. The quantitative estimate of drug-likeness (QED) is 0.416. The van der Waals surface area contributed by atoms with Crippen molar-refractivity contribution in [3.05, 3.63) is 77.0 Å². The highest BCUT2D eigenvalue weighted by molar-refractivity contribution is 5.93. The third-order valence-electron chi connectivity index (χ3n) is 6.18. The van der Waals surface area contributed by atoms with E-state index in [0.29, 0.717) is 30.8 Å². The van der Waals surface area contributed by atoms with E-state index in [-0.39, 0.29) is 29.5 Å². The molecule has 1 heterocycles. The molecular weight excluding hydrogens is 489 g/mol. The summed E-state index contributed by atoms with van der Waals surface area (Å²) in [5, 5.41) is 11.8. The molecule has 3 aromatic rings. The lowest BCUT2D eigenvalue weighted by Gasteiger charge is -2.25. The van der Waals surface area contributed by atoms with Crippen LogP contribution in [0.3, 0.4) is 0 Å². The number of rotatable bonds is 6. The predicted octanol–water partition coefficient (Wildman–Crippen LogP) is 5.21. The number of hydrogen-bond donors (Lipinski definition) is 3. The van der Waals surface area contributed by atoms with Crippen LogP contribution in [0.5, 0.6) is 11.5 Å². The monoisotopic (exact) mass is 514 g/mol. The molecule has 1 aliphatic rings. The molecule has 0 aliphatic heterocycles. The molecule has 0 saturated heterocycles. The minimum absolute atomic E-state index is 0.0583. The smallest absolute Gasteiger partial charge is 0.416 e. The van der Waals surface area contributed by atoms with Gasteiger partial charge in [0, 0.05) is 37.5 Å². The fraction of sp³-hybridized carbons (Fsp3) is 0.269. The number of halogens is 3. The van der Waals surface area contributed by atoms with Crippen molar-refractivity contribution in [1.29, 1.82) is 0 Å². The number of ether oxygens (including phenoxy) is 1. The van der Waals surface area contributed by atoms with Gasteiger partial charge in [0.2, 0.25) is 5.91 Å². The number of amides is 2. The number of alkyl halides is 3. The summed E-state index contributed by atoms with van der Waals surface area (Å²) in [4.78, 5) is 29.1. The van der Waals surface area contributed by atoms with Gasteiger partial charge in [-0.3, -0.25) is 9.69 Å². The number of nitrogens with two attached hydrogens (primary N) is 1. The second-order valence-corrected chi connectivity index (χ2v) is 8.77. The van der Waals surface area contributed by atoms with Crippen molar-refractivity contribution in [2.75, 3.05) is 17.3 Å². The van der Waals surface area contributed by atoms with E-state index >= 15 is 0 Å². The number of fused-ring (bicyclic) bond motifs is 1. The molecule has 0 bridgehead atoms. The first-order chi connectivity index (χ1) is 17.5. The van der Waals surface area contributed by atoms with Crippen molar-refractivity contribution >= 4 is 23.5 Å². The van der Waals surface area contributed by atoms with Crippen molar-refractivity contribution in [1.82, 2.24) is 4.98 Å². The molecule has 0 unspecified atom stereocenters. The second kappa shape index (κ2) is 10.5. The Morgan fingerprint density at radius 3 is 2.59 bits per heavy atom. The predicted molar refractivity (Wildman–Crippen MR) is 131 cm³/mol. The van der Waals surface area contributed by atoms with Gasteiger partial charge in [0.05, 0.1) is 5.56 Å². The maximum atomic E-state index is 13.2. The van der Waals surface area contributed by atoms with Crippen LogP contribution >= 0.6 is 0 Å². The van der Waals surface area contributed by atoms with Crippen LogP contribution in [0, 0.1) is 5.92 Å². The van der Waals surface area contributed by atoms with Gasteiger partial charge < -0.3 is 20.9 Å². The molecule has 1 atom stereocenters. The van der Waals surface area contributed by atoms with Gasteiger partial charge in [0.1, 0.15) is 17.3 Å². The molecule has 1 aromatic heterocycles. The summed E-state index contributed by atoms with van der Waals surface area (Å²) in [6.45, 7) is -0.0854. The Balaban J connectivity index is 1.48. The van der Waals surface area contributed by atoms with Gasteiger partial charge in [0.25, 0.3) is 0 Å². The van der Waals surface area contributed by atoms with Crippen LogP contribution in [0.25, 0.3) is 0 Å². The number of aromatic nitrogens is 1. The molecule has 0 spiro atoms. The Kier molecular flexibility index (Phi) is 7.35. The molecule has 4 rings (SSSR count). The van der Waals surface area contributed by atoms with Crippen molar-refractivity contribution < 1.29 is 32.6 Å². The summed E-state index contributed by atoms with van der Waals surface area (Å²) in [7, 11) is 1.37. The van der Waals surface area contributed by atoms with Crippen LogP contribution in [0.1, 0.15) is 28.7 Å². The standard InChI is InChI=1S/C26H25F3N4O4/c1-33(25(35)36)23-13-22(6-7-31-23)37-21-5-4-16-2-3-17(10-18(16)11-21)24(34)32-20-9-15(14-30)8-19(12-20)26(27,28)29/h4-9,11-13,17H,2-3,10,14,30H2,1H3,(H,32,34)(H,35,36)/t17-/m0/s1. The number of nitrogens with zero attached hydrogens (tertiary/aromatic N) is 2. The summed E-state index contributed by atoms with van der Waals surface area (Å²) in [6.07, 6.45) is -2.70. The third kappa shape index (κ3) is 6.18. The van der Waals surface area contributed by atoms with E-state index in [0.717, 1.165) is 28.2 Å². The van der Waals surface area contributed by atoms with Crippen LogP contribution < -0.4 is 20.7 Å². The lowest BCUT2D eigenvalue weighted by Crippen LogP contribution is -2.28. The molecule has 0 saturated carbocycles. The Hall–Kier alpha value is -4.12. The van der Waals surface area contributed by atoms with E-state index in [9.17, 15) is 22.8 Å². The van der Waals surface area contributed by atoms with E-state index in [2.05, 4.69) is 10.3 Å². The first-order valence-corrected chi connectivity index (χ1v) is 11.5. The Morgan fingerprint density at radius 2 is 1.89 bits per heavy atom. The molecule has 2 amide bonds. The van der Waals surface area contributed by atoms with Crippen LogP contribution in [-0.4, -0.2) is 29.1 Å². The van der Waals surface area contributed by atoms with Gasteiger partial charge in [-0.15, -0.1) is 0 Å². The summed E-state index contributed by atoms with van der Waals surface area (Å²) < 4.78 is 45.6. The van der Waals surface area contributed by atoms with Gasteiger partial charge in [0.15, 0.2) is 0 Å². The van der Waals surface area contributed by atoms with E-state index < -0.39 is 23.8 Å². The number of carboxylic acid groups (broad SMARTS) is 1. The number of pyridine rings is 1. The number of carbonyl (C=O) groups excluding carboxylic acids is 1. The number of carbonyl (C=O) groups is 2. The molecule has 8 nitrogen and oxygen atoms in total. The largest absolute Gasteiger partial charge is 0.465 e. The van der Waals surface area contributed by atoms with Crippen LogP contribution in [0.4, 0.5) is 29.5 Å². The molecule has 2 aromatic carbocycles. The van der Waals surface area contributed by atoms with Gasteiger partial charge in [-0.25, -0.2) is 9.78 Å². The van der Waals surface area contributed by atoms with Gasteiger partial charge >= 0.3 is 12.3 Å². The normalized spacial score (nSPS) is 15.0. The maximum Gasteiger partial charge on any atom is 0.416 e. The zero-order valence-corrected chi connectivity index (χ0v) is 19.9. The molecule has 194 valence electrons. The molecular formula is C26H25F3N4O4. The van der Waals surface area contributed by atoms with E-state index in [1.807, 2.05) is 12.1 Å². The SMILES string of the molecule is CN(C(=O)O)c1cc(Oc2ccc3c(c2)C[C@@H](C(=O)Nc2cc(CN)cc(C(F)(F)F)c2)CC3)ccn1. The fourth-order valence-corrected chi connectivity index (χ4v) is 4.19. The highest BCUT2D eigenvalue weighted by atomic mass is 19.4. The van der Waals surface area contributed by atoms with Gasteiger partial charge in [-0.2, -0.15) is 13.2 Å². The van der Waals surface area contributed by atoms with E-state index in [1.165, 1.54) is 25.4 Å². The second-order valence-electron chi connectivity index (χ2n) is 8.77. The Labute approximate surface area is 210 Å². The lowest BCUT2D eigenvalue weighted by atomic mass is 9.83. The van der Waals surface area contributed by atoms with Crippen LogP contribution in [0.15, 0.2) is 54.7 Å². The maximum absolute atomic E-state index is 13.2. The van der Waals surface area contributed by atoms with Crippen LogP contribution in [-0.2, 0) is 30.4 Å². The van der Waals surface area contributed by atoms with E-state index in [1.54, 1.807) is 12.1 Å². The number of nitrogens with one attached hydrogen (secondary N) is 1. The summed E-state index contributed by atoms with van der Waals surface area (Å²) in [5.41, 5.74) is 6.96. The van der Waals surface area contributed by atoms with Crippen LogP contribution in [0.2, 0.25) is 0 Å². The number of benzene rings is 2. The minimum atomic E-state index is -4.55. The number of hydrogen-bond acceptors (Lipinski definition) is 5. The molecule has 1 aliphatic carbocycles. The zero-order chi connectivity index (χ0) is 26.7. The summed E-state index contributed by atoms with van der Waals surface area (Å²) in [5.74, 6) is 0.293. The third-order valence-corrected chi connectivity index (χ3v) is 6.18. The molecule has 37 heavy (non-hydrogen) atoms. The first-order valence-electron chi connectivity index (χ1n) is 11.5. The van der Waals surface area contributed by atoms with Gasteiger partial charge in [-0.1, -0.05) is 6.07 Å². The molecule has 0 fully saturated rings. The van der Waals surface area contributed by atoms with Crippen molar-refractivity contribution in [3.8, 4) is 11.5 Å². The number of anilines is 2. The summed E-state index contributed by atoms with van der Waals surface area (Å²) in [6, 6.07) is 11.9. The minimum Gasteiger partial charge on any atom is -0.465 e. The molecule has 11 heteroatoms. The molecule has 4 N–H and O–H groups in total. The van der Waals surface area contributed by atoms with E-state index in [4.69, 9.17) is 15.6 Å². The summed E-state index contributed by atoms with van der Waals surface area (Å²) >= 11 is 0. The van der Waals surface area contributed by atoms with Gasteiger partial charge in [-0.05, 0) is 72.4 Å². The van der Waals surface area contributed by atoms with Crippen molar-refractivity contribution in [2.24, 2.45) is 11.7 Å². The average Bonchev–Trinajstić information content (AvgIpc) is 2.87. The topological polar surface area (TPSA) is 118 Å². The molecule has 0 radical (unpaired) electrons. The zero-order valence-electron chi connectivity index (χ0n) is 19.9. The number of aryl methyl sites for hydroxylation is 1. The lowest BCUT2D eigenvalue weighted by molar-refractivity contribution is -0.137.